The van der Waals surface area contributed by atoms with E-state index < -0.39 is 48.8 Å². The van der Waals surface area contributed by atoms with E-state index in [9.17, 15) is 31.5 Å². The first kappa shape index (κ1) is 29.4. The monoisotopic (exact) mass is 608 g/mol. The second-order valence-electron chi connectivity index (χ2n) is 12.1. The molecule has 3 aliphatic rings. The van der Waals surface area contributed by atoms with E-state index in [0.29, 0.717) is 23.9 Å². The van der Waals surface area contributed by atoms with Crippen LogP contribution in [-0.2, 0) is 11.3 Å². The number of hydrogen-bond donors (Lipinski definition) is 2. The number of carbonyl (C=O) groups is 2. The molecule has 2 atom stereocenters. The first-order valence-corrected chi connectivity index (χ1v) is 14.7. The Labute approximate surface area is 243 Å². The number of hydrogen-bond acceptors (Lipinski definition) is 6. The first-order valence-electron chi connectivity index (χ1n) is 14.7. The summed E-state index contributed by atoms with van der Waals surface area (Å²) >= 11 is 0. The Kier molecular flexibility index (Phi) is 7.84. The molecule has 0 radical (unpaired) electrons. The lowest BCUT2D eigenvalue weighted by molar-refractivity contribution is -0.144. The van der Waals surface area contributed by atoms with Crippen LogP contribution in [0.25, 0.3) is 5.78 Å². The number of carbonyl (C=O) groups excluding carboxylic acids is 2. The Balaban J connectivity index is 1.24. The fraction of sp³-hybridized carbons (Fsp3) is 0.643. The van der Waals surface area contributed by atoms with Crippen molar-refractivity contribution < 1.29 is 31.5 Å². The lowest BCUT2D eigenvalue weighted by Gasteiger charge is -2.33. The van der Waals surface area contributed by atoms with Crippen molar-refractivity contribution in [2.24, 2.45) is 17.8 Å². The number of alkyl halides is 5. The Morgan fingerprint density at radius 1 is 0.977 bits per heavy atom. The van der Waals surface area contributed by atoms with E-state index >= 15 is 0 Å². The van der Waals surface area contributed by atoms with Crippen LogP contribution in [-0.4, -0.2) is 53.0 Å². The van der Waals surface area contributed by atoms with Crippen LogP contribution in [0.2, 0.25) is 0 Å². The van der Waals surface area contributed by atoms with Crippen LogP contribution in [0.5, 0.6) is 0 Å². The number of nitrogens with zero attached hydrogens (tertiary/aromatic N) is 6. The van der Waals surface area contributed by atoms with Gasteiger partial charge in [-0.25, -0.2) is 28.4 Å². The van der Waals surface area contributed by atoms with Gasteiger partial charge < -0.3 is 10.6 Å². The zero-order valence-corrected chi connectivity index (χ0v) is 23.4. The molecule has 6 rings (SSSR count). The highest BCUT2D eigenvalue weighted by molar-refractivity contribution is 5.90. The zero-order valence-electron chi connectivity index (χ0n) is 23.4. The van der Waals surface area contributed by atoms with E-state index in [2.05, 4.69) is 30.7 Å². The van der Waals surface area contributed by atoms with Gasteiger partial charge in [0, 0.05) is 38.2 Å². The molecule has 43 heavy (non-hydrogen) atoms. The van der Waals surface area contributed by atoms with Crippen LogP contribution >= 0.6 is 0 Å². The fourth-order valence-corrected chi connectivity index (χ4v) is 5.74. The van der Waals surface area contributed by atoms with Gasteiger partial charge in [-0.05, 0) is 62.3 Å². The maximum atomic E-state index is 14.0. The summed E-state index contributed by atoms with van der Waals surface area (Å²) < 4.78 is 69.1. The minimum Gasteiger partial charge on any atom is -0.347 e. The third-order valence-corrected chi connectivity index (χ3v) is 8.52. The normalized spacial score (nSPS) is 20.6. The Hall–Kier alpha value is -3.65. The van der Waals surface area contributed by atoms with Crippen LogP contribution in [0.4, 0.5) is 22.0 Å². The van der Waals surface area contributed by atoms with E-state index in [0.717, 1.165) is 25.7 Å². The van der Waals surface area contributed by atoms with Gasteiger partial charge in [0.25, 0.3) is 5.91 Å². The van der Waals surface area contributed by atoms with E-state index in [1.54, 1.807) is 27.5 Å². The van der Waals surface area contributed by atoms with E-state index in [1.807, 2.05) is 0 Å². The van der Waals surface area contributed by atoms with Gasteiger partial charge in [0.05, 0.1) is 29.9 Å². The van der Waals surface area contributed by atoms with E-state index in [1.165, 1.54) is 6.33 Å². The molecule has 232 valence electrons. The molecule has 2 unspecified atom stereocenters. The van der Waals surface area contributed by atoms with Gasteiger partial charge in [-0.15, -0.1) is 0 Å². The molecule has 15 heteroatoms. The van der Waals surface area contributed by atoms with Crippen molar-refractivity contribution in [2.75, 3.05) is 0 Å². The number of amides is 2. The summed E-state index contributed by atoms with van der Waals surface area (Å²) in [6, 6.07) is 0.432. The van der Waals surface area contributed by atoms with Gasteiger partial charge in [-0.3, -0.25) is 14.0 Å². The Morgan fingerprint density at radius 2 is 1.65 bits per heavy atom. The molecular formula is C28H33F5N8O2. The summed E-state index contributed by atoms with van der Waals surface area (Å²) in [7, 11) is 0. The van der Waals surface area contributed by atoms with Gasteiger partial charge >= 0.3 is 6.18 Å². The molecular weight excluding hydrogens is 575 g/mol. The van der Waals surface area contributed by atoms with E-state index in [4.69, 9.17) is 0 Å². The molecule has 3 saturated carbocycles. The SMILES string of the molecule is O=C(CCC(F)(F)F)NC(c1ccn2cc(C(NC(=O)c3ncnn3CC3CC3)C3CCC(F)(F)CC3)nc2n1)C1CC1. The molecule has 0 aromatic carbocycles. The summed E-state index contributed by atoms with van der Waals surface area (Å²) in [4.78, 5) is 39.1. The lowest BCUT2D eigenvalue weighted by Crippen LogP contribution is -2.38. The third-order valence-electron chi connectivity index (χ3n) is 8.52. The van der Waals surface area contributed by atoms with Gasteiger partial charge in [0.15, 0.2) is 0 Å². The van der Waals surface area contributed by atoms with Crippen molar-refractivity contribution in [3.63, 3.8) is 0 Å². The maximum Gasteiger partial charge on any atom is 0.389 e. The second-order valence-corrected chi connectivity index (χ2v) is 12.1. The Bertz CT molecular complexity index is 1470. The van der Waals surface area contributed by atoms with Crippen molar-refractivity contribution in [1.82, 2.24) is 39.8 Å². The van der Waals surface area contributed by atoms with Crippen molar-refractivity contribution >= 4 is 17.6 Å². The largest absolute Gasteiger partial charge is 0.389 e. The topological polar surface area (TPSA) is 119 Å². The molecule has 2 amide bonds. The number of halogens is 5. The van der Waals surface area contributed by atoms with Gasteiger partial charge in [-0.2, -0.15) is 18.3 Å². The number of nitrogens with one attached hydrogen (secondary N) is 2. The van der Waals surface area contributed by atoms with Crippen LogP contribution in [0.1, 0.15) is 98.3 Å². The average Bonchev–Trinajstić information content (AvgIpc) is 3.87. The van der Waals surface area contributed by atoms with Crippen molar-refractivity contribution in [1.29, 1.82) is 0 Å². The second kappa shape index (κ2) is 11.5. The molecule has 3 heterocycles. The quantitative estimate of drug-likeness (QED) is 0.298. The van der Waals surface area contributed by atoms with Crippen molar-refractivity contribution in [2.45, 2.75) is 94.9 Å². The molecule has 0 saturated heterocycles. The highest BCUT2D eigenvalue weighted by Crippen LogP contribution is 2.42. The van der Waals surface area contributed by atoms with Crippen LogP contribution in [0.15, 0.2) is 24.8 Å². The molecule has 3 fully saturated rings. The third kappa shape index (κ3) is 7.29. The minimum atomic E-state index is -4.43. The minimum absolute atomic E-state index is 0.0585. The lowest BCUT2D eigenvalue weighted by atomic mass is 9.81. The summed E-state index contributed by atoms with van der Waals surface area (Å²) in [5, 5.41) is 9.87. The standard InChI is InChI=1S/C28H33F5N8O2/c29-27(30)9-5-18(6-10-27)23(39-25(43)24-34-15-35-41(24)13-16-1-2-16)20-14-40-12-8-19(36-26(40)37-20)22(17-3-4-17)38-21(42)7-11-28(31,32)33/h8,12,14-18,22-23H,1-7,9-11,13H2,(H,38,42)(H,39,43). The molecule has 3 aromatic rings. The summed E-state index contributed by atoms with van der Waals surface area (Å²) in [6.45, 7) is 0.582. The van der Waals surface area contributed by atoms with Crippen LogP contribution < -0.4 is 10.6 Å². The molecule has 10 nitrogen and oxygen atoms in total. The molecule has 0 aliphatic heterocycles. The van der Waals surface area contributed by atoms with E-state index in [-0.39, 0.29) is 49.1 Å². The smallest absolute Gasteiger partial charge is 0.347 e. The van der Waals surface area contributed by atoms with Crippen molar-refractivity contribution in [3.05, 3.63) is 42.0 Å². The molecule has 0 spiro atoms. The maximum absolute atomic E-state index is 14.0. The number of imidazole rings is 1. The van der Waals surface area contributed by atoms with Gasteiger partial charge in [-0.1, -0.05) is 0 Å². The highest BCUT2D eigenvalue weighted by atomic mass is 19.4. The molecule has 3 aliphatic carbocycles. The Morgan fingerprint density at radius 3 is 2.33 bits per heavy atom. The van der Waals surface area contributed by atoms with Crippen LogP contribution in [0, 0.1) is 17.8 Å². The zero-order chi connectivity index (χ0) is 30.4. The number of fused-ring (bicyclic) bond motifs is 1. The average molecular weight is 609 g/mol. The molecule has 0 bridgehead atoms. The molecule has 2 N–H and O–H groups in total. The highest BCUT2D eigenvalue weighted by Gasteiger charge is 2.40. The molecule has 3 aromatic heterocycles. The van der Waals surface area contributed by atoms with Gasteiger partial charge in [0.2, 0.25) is 23.4 Å². The van der Waals surface area contributed by atoms with Crippen LogP contribution in [0.3, 0.4) is 0 Å². The van der Waals surface area contributed by atoms with Crippen molar-refractivity contribution in [3.8, 4) is 0 Å². The first-order chi connectivity index (χ1) is 20.4. The summed E-state index contributed by atoms with van der Waals surface area (Å²) in [5.74, 6) is -3.31. The summed E-state index contributed by atoms with van der Waals surface area (Å²) in [5.41, 5.74) is 0.914. The van der Waals surface area contributed by atoms with Gasteiger partial charge in [0.1, 0.15) is 6.33 Å². The number of aromatic nitrogens is 6. The number of rotatable bonds is 11. The fourth-order valence-electron chi connectivity index (χ4n) is 5.74. The predicted molar refractivity (Wildman–Crippen MR) is 142 cm³/mol. The predicted octanol–water partition coefficient (Wildman–Crippen LogP) is 4.94. The summed E-state index contributed by atoms with van der Waals surface area (Å²) in [6.07, 6.45) is 1.92.